The van der Waals surface area contributed by atoms with Crippen molar-refractivity contribution >= 4 is 0 Å². The smallest absolute Gasteiger partial charge is 0.186 e. The molecule has 0 bridgehead atoms. The lowest BCUT2D eigenvalue weighted by Gasteiger charge is -2.23. The van der Waals surface area contributed by atoms with Crippen LogP contribution in [0.5, 0.6) is 0 Å². The van der Waals surface area contributed by atoms with E-state index >= 15 is 0 Å². The van der Waals surface area contributed by atoms with E-state index in [2.05, 4.69) is 10.0 Å². The van der Waals surface area contributed by atoms with Crippen LogP contribution in [0.1, 0.15) is 20.3 Å². The van der Waals surface area contributed by atoms with Crippen molar-refractivity contribution in [1.82, 2.24) is 0 Å². The second-order valence-corrected chi connectivity index (χ2v) is 4.59. The maximum Gasteiger partial charge on any atom is 0.186 e. The molecule has 0 aliphatic carbocycles. The van der Waals surface area contributed by atoms with E-state index in [4.69, 9.17) is 24.5 Å². The van der Waals surface area contributed by atoms with Crippen LogP contribution in [0.4, 0.5) is 0 Å². The molecular formula is C10H17N3O4. The molecule has 2 fully saturated rings. The van der Waals surface area contributed by atoms with E-state index in [0.717, 1.165) is 0 Å². The zero-order chi connectivity index (χ0) is 12.5. The minimum absolute atomic E-state index is 0.155. The quantitative estimate of drug-likeness (QED) is 0.426. The van der Waals surface area contributed by atoms with E-state index in [9.17, 15) is 0 Å². The maximum absolute atomic E-state index is 8.25. The van der Waals surface area contributed by atoms with E-state index in [-0.39, 0.29) is 18.3 Å². The first-order valence-electron chi connectivity index (χ1n) is 5.62. The fourth-order valence-electron chi connectivity index (χ4n) is 2.29. The Balaban J connectivity index is 2.02. The summed E-state index contributed by atoms with van der Waals surface area (Å²) < 4.78 is 22.4. The number of fused-ring (bicyclic) bond motifs is 1. The molecular weight excluding hydrogens is 226 g/mol. The van der Waals surface area contributed by atoms with Crippen LogP contribution in [0, 0.1) is 0 Å². The van der Waals surface area contributed by atoms with Gasteiger partial charge in [0, 0.05) is 18.6 Å². The normalized spacial score (nSPS) is 38.8. The summed E-state index contributed by atoms with van der Waals surface area (Å²) in [4.78, 5) is 2.72. The Hall–Kier alpha value is -0.850. The molecule has 7 heteroatoms. The molecule has 0 radical (unpaired) electrons. The summed E-state index contributed by atoms with van der Waals surface area (Å²) in [5.74, 6) is -0.618. The van der Waals surface area contributed by atoms with Gasteiger partial charge in [0.25, 0.3) is 0 Å². The predicted molar refractivity (Wildman–Crippen MR) is 58.1 cm³/mol. The van der Waals surface area contributed by atoms with E-state index < -0.39 is 12.1 Å². The Bertz CT molecular complexity index is 330. The van der Waals surface area contributed by atoms with Crippen molar-refractivity contribution in [3.63, 3.8) is 0 Å². The highest BCUT2D eigenvalue weighted by molar-refractivity contribution is 4.95. The SMILES string of the molecule is COC1O[C@H](CCN=[N+]=[N-])[C@H]2OC(C)(C)O[C@@H]12. The number of rotatable bonds is 4. The van der Waals surface area contributed by atoms with Crippen molar-refractivity contribution in [3.05, 3.63) is 10.4 Å². The minimum atomic E-state index is -0.618. The second-order valence-electron chi connectivity index (χ2n) is 4.59. The van der Waals surface area contributed by atoms with Gasteiger partial charge in [0.15, 0.2) is 12.1 Å². The van der Waals surface area contributed by atoms with Gasteiger partial charge >= 0.3 is 0 Å². The van der Waals surface area contributed by atoms with Crippen LogP contribution in [0.15, 0.2) is 5.11 Å². The van der Waals surface area contributed by atoms with Gasteiger partial charge in [0.05, 0.1) is 6.10 Å². The van der Waals surface area contributed by atoms with Gasteiger partial charge in [-0.1, -0.05) is 5.11 Å². The molecule has 0 aromatic heterocycles. The molecule has 0 aromatic rings. The van der Waals surface area contributed by atoms with Gasteiger partial charge in [-0.25, -0.2) is 0 Å². The molecule has 2 aliphatic heterocycles. The summed E-state index contributed by atoms with van der Waals surface area (Å²) in [6, 6.07) is 0. The van der Waals surface area contributed by atoms with E-state index in [1.165, 1.54) is 0 Å². The third-order valence-corrected chi connectivity index (χ3v) is 2.92. The molecule has 1 unspecified atom stereocenters. The van der Waals surface area contributed by atoms with Gasteiger partial charge in [-0.2, -0.15) is 0 Å². The first-order valence-corrected chi connectivity index (χ1v) is 5.62. The first-order chi connectivity index (χ1) is 8.07. The van der Waals surface area contributed by atoms with Crippen molar-refractivity contribution in [2.24, 2.45) is 5.11 Å². The number of nitrogens with zero attached hydrogens (tertiary/aromatic N) is 3. The van der Waals surface area contributed by atoms with Gasteiger partial charge in [0.1, 0.15) is 12.2 Å². The third-order valence-electron chi connectivity index (χ3n) is 2.92. The summed E-state index contributed by atoms with van der Waals surface area (Å²) in [5.41, 5.74) is 8.25. The molecule has 0 aromatic carbocycles. The Morgan fingerprint density at radius 2 is 2.06 bits per heavy atom. The maximum atomic E-state index is 8.25. The van der Waals surface area contributed by atoms with Gasteiger partial charge in [-0.05, 0) is 25.8 Å². The molecule has 0 saturated carbocycles. The fourth-order valence-corrected chi connectivity index (χ4v) is 2.29. The molecule has 96 valence electrons. The van der Waals surface area contributed by atoms with Crippen LogP contribution >= 0.6 is 0 Å². The standard InChI is InChI=1S/C10H17N3O4/c1-10(2)16-7-6(4-5-12-13-11)15-9(14-3)8(7)17-10/h6-9H,4-5H2,1-3H3/t6-,7-,8-,9?/m1/s1. The van der Waals surface area contributed by atoms with Crippen molar-refractivity contribution in [2.75, 3.05) is 13.7 Å². The van der Waals surface area contributed by atoms with Gasteiger partial charge in [-0.3, -0.25) is 0 Å². The largest absolute Gasteiger partial charge is 0.353 e. The molecule has 17 heavy (non-hydrogen) atoms. The van der Waals surface area contributed by atoms with E-state index in [0.29, 0.717) is 13.0 Å². The van der Waals surface area contributed by atoms with Gasteiger partial charge in [0.2, 0.25) is 0 Å². The molecule has 0 spiro atoms. The van der Waals surface area contributed by atoms with Crippen molar-refractivity contribution in [3.8, 4) is 0 Å². The lowest BCUT2D eigenvalue weighted by Crippen LogP contribution is -2.30. The van der Waals surface area contributed by atoms with Gasteiger partial charge in [-0.15, -0.1) is 0 Å². The van der Waals surface area contributed by atoms with Gasteiger partial charge < -0.3 is 18.9 Å². The highest BCUT2D eigenvalue weighted by atomic mass is 16.8. The highest BCUT2D eigenvalue weighted by Gasteiger charge is 2.55. The van der Waals surface area contributed by atoms with Crippen LogP contribution < -0.4 is 0 Å². The average molecular weight is 243 g/mol. The lowest BCUT2D eigenvalue weighted by atomic mass is 10.1. The number of hydrogen-bond donors (Lipinski definition) is 0. The molecule has 7 nitrogen and oxygen atoms in total. The Morgan fingerprint density at radius 3 is 2.71 bits per heavy atom. The molecule has 2 rings (SSSR count). The summed E-state index contributed by atoms with van der Waals surface area (Å²) in [7, 11) is 1.58. The predicted octanol–water partition coefficient (Wildman–Crippen LogP) is 1.58. The average Bonchev–Trinajstić information content (AvgIpc) is 2.73. The Labute approximate surface area is 99.6 Å². The molecule has 0 amide bonds. The monoisotopic (exact) mass is 243 g/mol. The highest BCUT2D eigenvalue weighted by Crippen LogP contribution is 2.39. The van der Waals surface area contributed by atoms with Crippen LogP contribution in [0.2, 0.25) is 0 Å². The zero-order valence-corrected chi connectivity index (χ0v) is 10.2. The zero-order valence-electron chi connectivity index (χ0n) is 10.2. The number of hydrogen-bond acceptors (Lipinski definition) is 5. The Kier molecular flexibility index (Phi) is 3.56. The van der Waals surface area contributed by atoms with E-state index in [1.807, 2.05) is 13.8 Å². The molecule has 2 saturated heterocycles. The van der Waals surface area contributed by atoms with Crippen molar-refractivity contribution in [1.29, 1.82) is 0 Å². The van der Waals surface area contributed by atoms with Crippen molar-refractivity contribution in [2.45, 2.75) is 50.7 Å². The summed E-state index contributed by atoms with van der Waals surface area (Å²) in [6.07, 6.45) is -0.352. The van der Waals surface area contributed by atoms with Crippen molar-refractivity contribution < 1.29 is 18.9 Å². The topological polar surface area (TPSA) is 85.7 Å². The fraction of sp³-hybridized carbons (Fsp3) is 1.00. The summed E-state index contributed by atoms with van der Waals surface area (Å²) in [6.45, 7) is 4.11. The number of methoxy groups -OCH3 is 1. The molecule has 2 aliphatic rings. The van der Waals surface area contributed by atoms with Crippen LogP contribution in [0.3, 0.4) is 0 Å². The molecule has 0 N–H and O–H groups in total. The molecule has 2 heterocycles. The van der Waals surface area contributed by atoms with Crippen LogP contribution in [-0.2, 0) is 18.9 Å². The first kappa shape index (κ1) is 12.6. The van der Waals surface area contributed by atoms with E-state index in [1.54, 1.807) is 7.11 Å². The minimum Gasteiger partial charge on any atom is -0.353 e. The Morgan fingerprint density at radius 1 is 1.35 bits per heavy atom. The van der Waals surface area contributed by atoms with Crippen LogP contribution in [0.25, 0.3) is 10.4 Å². The molecule has 4 atom stereocenters. The summed E-state index contributed by atoms with van der Waals surface area (Å²) in [5, 5.41) is 3.50. The number of azide groups is 1. The summed E-state index contributed by atoms with van der Waals surface area (Å²) >= 11 is 0. The number of ether oxygens (including phenoxy) is 4. The third kappa shape index (κ3) is 2.53. The second kappa shape index (κ2) is 4.80. The van der Waals surface area contributed by atoms with Crippen LogP contribution in [-0.4, -0.2) is 44.0 Å². The lowest BCUT2D eigenvalue weighted by molar-refractivity contribution is -0.227.